The maximum atomic E-state index is 11.8. The number of hydrogen-bond acceptors (Lipinski definition) is 2. The van der Waals surface area contributed by atoms with Gasteiger partial charge in [0.15, 0.2) is 0 Å². The van der Waals surface area contributed by atoms with Crippen LogP contribution in [0.25, 0.3) is 10.8 Å². The van der Waals surface area contributed by atoms with Gasteiger partial charge < -0.3 is 10.6 Å². The Labute approximate surface area is 107 Å². The summed E-state index contributed by atoms with van der Waals surface area (Å²) < 4.78 is 0. The van der Waals surface area contributed by atoms with Crippen LogP contribution in [0.15, 0.2) is 42.5 Å². The number of rotatable bonds is 3. The first-order chi connectivity index (χ1) is 8.59. The van der Waals surface area contributed by atoms with Crippen LogP contribution >= 0.6 is 0 Å². The Morgan fingerprint density at radius 3 is 2.56 bits per heavy atom. The van der Waals surface area contributed by atoms with Crippen molar-refractivity contribution in [1.82, 2.24) is 4.90 Å². The van der Waals surface area contributed by atoms with Gasteiger partial charge in [-0.25, -0.2) is 0 Å². The van der Waals surface area contributed by atoms with Gasteiger partial charge >= 0.3 is 0 Å². The Morgan fingerprint density at radius 2 is 1.83 bits per heavy atom. The molecule has 0 aromatic heterocycles. The maximum absolute atomic E-state index is 11.8. The van der Waals surface area contributed by atoms with Crippen molar-refractivity contribution >= 4 is 16.7 Å². The highest BCUT2D eigenvalue weighted by atomic mass is 16.2. The molecule has 0 aliphatic carbocycles. The molecule has 2 N–H and O–H groups in total. The fourth-order valence-electron chi connectivity index (χ4n) is 2.13. The van der Waals surface area contributed by atoms with Crippen LogP contribution in [-0.4, -0.2) is 30.9 Å². The Kier molecular flexibility index (Phi) is 3.63. The number of nitrogens with two attached hydrogens (primary N) is 1. The summed E-state index contributed by atoms with van der Waals surface area (Å²) in [5, 5.41) is 2.35. The average Bonchev–Trinajstić information content (AvgIpc) is 2.38. The Balaban J connectivity index is 2.29. The third-order valence-corrected chi connectivity index (χ3v) is 3.08. The summed E-state index contributed by atoms with van der Waals surface area (Å²) >= 11 is 0. The molecule has 0 aliphatic rings. The molecule has 3 nitrogen and oxygen atoms in total. The molecule has 2 aromatic carbocycles. The van der Waals surface area contributed by atoms with Crippen LogP contribution in [0, 0.1) is 0 Å². The van der Waals surface area contributed by atoms with Crippen LogP contribution in [0.3, 0.4) is 0 Å². The van der Waals surface area contributed by atoms with E-state index in [0.717, 1.165) is 5.56 Å². The lowest BCUT2D eigenvalue weighted by Gasteiger charge is -2.17. The number of fused-ring (bicyclic) bond motifs is 1. The van der Waals surface area contributed by atoms with E-state index in [0.29, 0.717) is 6.42 Å². The smallest absolute Gasteiger partial charge is 0.239 e. The number of nitrogens with zero attached hydrogens (tertiary/aromatic N) is 1. The van der Waals surface area contributed by atoms with Gasteiger partial charge in [0, 0.05) is 14.1 Å². The molecule has 1 amide bonds. The van der Waals surface area contributed by atoms with Crippen molar-refractivity contribution in [3.8, 4) is 0 Å². The Bertz CT molecular complexity index is 558. The molecular weight excluding hydrogens is 224 g/mol. The van der Waals surface area contributed by atoms with Crippen molar-refractivity contribution in [1.29, 1.82) is 0 Å². The van der Waals surface area contributed by atoms with Gasteiger partial charge in [-0.15, -0.1) is 0 Å². The summed E-state index contributed by atoms with van der Waals surface area (Å²) in [4.78, 5) is 13.3. The first kappa shape index (κ1) is 12.6. The number of carbonyl (C=O) groups is 1. The quantitative estimate of drug-likeness (QED) is 0.892. The standard InChI is InChI=1S/C15H18N2O/c1-17(2)15(18)14(16)10-12-8-5-7-11-6-3-4-9-13(11)12/h3-9,14H,10,16H2,1-2H3/t14-/m0/s1. The van der Waals surface area contributed by atoms with E-state index in [9.17, 15) is 4.79 Å². The van der Waals surface area contributed by atoms with Crippen molar-refractivity contribution in [2.45, 2.75) is 12.5 Å². The second-order valence-electron chi connectivity index (χ2n) is 4.68. The second kappa shape index (κ2) is 5.19. The monoisotopic (exact) mass is 242 g/mol. The molecule has 0 fully saturated rings. The fraction of sp³-hybridized carbons (Fsp3) is 0.267. The molecule has 2 aromatic rings. The molecule has 0 unspecified atom stereocenters. The predicted molar refractivity (Wildman–Crippen MR) is 74.3 cm³/mol. The van der Waals surface area contributed by atoms with E-state index >= 15 is 0 Å². The minimum atomic E-state index is -0.481. The van der Waals surface area contributed by atoms with E-state index in [-0.39, 0.29) is 5.91 Å². The van der Waals surface area contributed by atoms with Crippen LogP contribution in [0.4, 0.5) is 0 Å². The molecule has 0 aliphatic heterocycles. The lowest BCUT2D eigenvalue weighted by Crippen LogP contribution is -2.41. The summed E-state index contributed by atoms with van der Waals surface area (Å²) in [7, 11) is 3.45. The number of benzene rings is 2. The van der Waals surface area contributed by atoms with Gasteiger partial charge in [-0.1, -0.05) is 42.5 Å². The third-order valence-electron chi connectivity index (χ3n) is 3.08. The van der Waals surface area contributed by atoms with Crippen molar-refractivity contribution < 1.29 is 4.79 Å². The molecule has 94 valence electrons. The molecule has 0 bridgehead atoms. The molecule has 0 radical (unpaired) electrons. The van der Waals surface area contributed by atoms with Crippen LogP contribution in [0.1, 0.15) is 5.56 Å². The van der Waals surface area contributed by atoms with E-state index in [4.69, 9.17) is 5.73 Å². The molecule has 0 heterocycles. The van der Waals surface area contributed by atoms with Gasteiger partial charge in [0.1, 0.15) is 0 Å². The van der Waals surface area contributed by atoms with Crippen molar-refractivity contribution in [2.75, 3.05) is 14.1 Å². The number of carbonyl (C=O) groups excluding carboxylic acids is 1. The van der Waals surface area contributed by atoms with Gasteiger partial charge in [-0.05, 0) is 22.8 Å². The molecule has 2 rings (SSSR count). The molecule has 0 saturated heterocycles. The largest absolute Gasteiger partial charge is 0.347 e. The molecule has 0 spiro atoms. The lowest BCUT2D eigenvalue weighted by molar-refractivity contribution is -0.130. The second-order valence-corrected chi connectivity index (χ2v) is 4.68. The lowest BCUT2D eigenvalue weighted by atomic mass is 9.99. The molecule has 1 atom stereocenters. The molecule has 18 heavy (non-hydrogen) atoms. The van der Waals surface area contributed by atoms with Gasteiger partial charge in [-0.3, -0.25) is 4.79 Å². The normalized spacial score (nSPS) is 12.4. The Hall–Kier alpha value is -1.87. The zero-order valence-electron chi connectivity index (χ0n) is 10.8. The minimum absolute atomic E-state index is 0.0389. The van der Waals surface area contributed by atoms with Crippen molar-refractivity contribution in [2.24, 2.45) is 5.73 Å². The van der Waals surface area contributed by atoms with Crippen LogP contribution in [0.2, 0.25) is 0 Å². The first-order valence-corrected chi connectivity index (χ1v) is 6.03. The van der Waals surface area contributed by atoms with Gasteiger partial charge in [0.25, 0.3) is 0 Å². The van der Waals surface area contributed by atoms with Crippen molar-refractivity contribution in [3.63, 3.8) is 0 Å². The highest BCUT2D eigenvalue weighted by Crippen LogP contribution is 2.19. The predicted octanol–water partition coefficient (Wildman–Crippen LogP) is 1.80. The highest BCUT2D eigenvalue weighted by molar-refractivity contribution is 5.87. The summed E-state index contributed by atoms with van der Waals surface area (Å²) in [5.74, 6) is -0.0389. The van der Waals surface area contributed by atoms with E-state index < -0.39 is 6.04 Å². The molecule has 3 heteroatoms. The zero-order chi connectivity index (χ0) is 13.1. The van der Waals surface area contributed by atoms with Crippen LogP contribution in [0.5, 0.6) is 0 Å². The zero-order valence-corrected chi connectivity index (χ0v) is 10.8. The summed E-state index contributed by atoms with van der Waals surface area (Å²) in [6.07, 6.45) is 0.568. The average molecular weight is 242 g/mol. The highest BCUT2D eigenvalue weighted by Gasteiger charge is 2.16. The maximum Gasteiger partial charge on any atom is 0.239 e. The van der Waals surface area contributed by atoms with Gasteiger partial charge in [-0.2, -0.15) is 0 Å². The SMILES string of the molecule is CN(C)C(=O)[C@@H](N)Cc1cccc2ccccc12. The minimum Gasteiger partial charge on any atom is -0.347 e. The van der Waals surface area contributed by atoms with Crippen LogP contribution < -0.4 is 5.73 Å². The van der Waals surface area contributed by atoms with E-state index in [1.54, 1.807) is 14.1 Å². The molecule has 0 saturated carbocycles. The van der Waals surface area contributed by atoms with E-state index in [1.807, 2.05) is 24.3 Å². The van der Waals surface area contributed by atoms with Gasteiger partial charge in [0.05, 0.1) is 6.04 Å². The number of amides is 1. The summed E-state index contributed by atoms with van der Waals surface area (Å²) in [6.45, 7) is 0. The first-order valence-electron chi connectivity index (χ1n) is 6.03. The number of likely N-dealkylation sites (N-methyl/N-ethyl adjacent to an activating group) is 1. The summed E-state index contributed by atoms with van der Waals surface area (Å²) in [5.41, 5.74) is 7.07. The fourth-order valence-corrected chi connectivity index (χ4v) is 2.13. The van der Waals surface area contributed by atoms with Crippen LogP contribution in [-0.2, 0) is 11.2 Å². The third kappa shape index (κ3) is 2.51. The van der Waals surface area contributed by atoms with Gasteiger partial charge in [0.2, 0.25) is 5.91 Å². The molecular formula is C15H18N2O. The summed E-state index contributed by atoms with van der Waals surface area (Å²) in [6, 6.07) is 13.8. The Morgan fingerprint density at radius 1 is 1.17 bits per heavy atom. The van der Waals surface area contributed by atoms with E-state index in [2.05, 4.69) is 18.2 Å². The number of hydrogen-bond donors (Lipinski definition) is 1. The van der Waals surface area contributed by atoms with E-state index in [1.165, 1.54) is 15.7 Å². The van der Waals surface area contributed by atoms with Crippen molar-refractivity contribution in [3.05, 3.63) is 48.0 Å². The topological polar surface area (TPSA) is 46.3 Å².